The first-order valence-corrected chi connectivity index (χ1v) is 24.8. The van der Waals surface area contributed by atoms with Crippen molar-refractivity contribution in [2.24, 2.45) is 47.3 Å². The zero-order valence-electron chi connectivity index (χ0n) is 39.3. The highest BCUT2D eigenvalue weighted by molar-refractivity contribution is 6.28. The summed E-state index contributed by atoms with van der Waals surface area (Å²) in [6.45, 7) is 20.0. The van der Waals surface area contributed by atoms with Crippen LogP contribution in [0.4, 0.5) is 11.4 Å². The molecule has 2 saturated heterocycles. The smallest absolute Gasteiger partial charge is 0.238 e. The Morgan fingerprint density at radius 1 is 0.455 bits per heavy atom. The third-order valence-corrected chi connectivity index (χ3v) is 15.4. The van der Waals surface area contributed by atoms with Crippen LogP contribution in [0.2, 0.25) is 0 Å². The van der Waals surface area contributed by atoms with E-state index in [1.165, 1.54) is 48.3 Å². The molecular weight excluding hydrogens is 813 g/mol. The second-order valence-electron chi connectivity index (χ2n) is 19.4. The van der Waals surface area contributed by atoms with Crippen LogP contribution in [0.1, 0.15) is 101 Å². The first-order chi connectivity index (χ1) is 32.2. The van der Waals surface area contributed by atoms with Crippen LogP contribution in [0.15, 0.2) is 136 Å². The highest BCUT2D eigenvalue weighted by Crippen LogP contribution is 2.53. The number of carbonyl (C=O) groups is 4. The highest BCUT2D eigenvalue weighted by atomic mass is 16.2. The predicted octanol–water partition coefficient (Wildman–Crippen LogP) is 14.3. The van der Waals surface area contributed by atoms with E-state index in [-0.39, 0.29) is 47.3 Å². The van der Waals surface area contributed by atoms with Crippen LogP contribution in [0.3, 0.4) is 0 Å². The van der Waals surface area contributed by atoms with Gasteiger partial charge >= 0.3 is 0 Å². The summed E-state index contributed by atoms with van der Waals surface area (Å²) in [5.74, 6) is -2.47. The first kappa shape index (κ1) is 46.6. The van der Waals surface area contributed by atoms with Gasteiger partial charge in [-0.3, -0.25) is 19.2 Å². The van der Waals surface area contributed by atoms with Gasteiger partial charge in [-0.25, -0.2) is 9.80 Å². The van der Waals surface area contributed by atoms with Gasteiger partial charge < -0.3 is 0 Å². The summed E-state index contributed by atoms with van der Waals surface area (Å²) in [6.07, 6.45) is 31.3. The van der Waals surface area contributed by atoms with Gasteiger partial charge in [0, 0.05) is 10.8 Å². The van der Waals surface area contributed by atoms with Crippen LogP contribution >= 0.6 is 0 Å². The maximum absolute atomic E-state index is 14.6. The van der Waals surface area contributed by atoms with Gasteiger partial charge in [-0.2, -0.15) is 0 Å². The van der Waals surface area contributed by atoms with Crippen molar-refractivity contribution < 1.29 is 19.2 Å². The lowest BCUT2D eigenvalue weighted by Gasteiger charge is -2.24. The number of nitrogens with zero attached hydrogens (tertiary/aromatic N) is 2. The lowest BCUT2D eigenvalue weighted by atomic mass is 9.87. The van der Waals surface area contributed by atoms with Crippen LogP contribution in [-0.4, -0.2) is 23.6 Å². The summed E-state index contributed by atoms with van der Waals surface area (Å²) in [5.41, 5.74) is 5.28. The fourth-order valence-electron chi connectivity index (χ4n) is 12.1. The largest absolute Gasteiger partial charge is 0.274 e. The fourth-order valence-corrected chi connectivity index (χ4v) is 12.1. The Kier molecular flexibility index (Phi) is 14.7. The van der Waals surface area contributed by atoms with Gasteiger partial charge in [0.1, 0.15) is 0 Å². The molecule has 6 nitrogen and oxygen atoms in total. The van der Waals surface area contributed by atoms with Crippen molar-refractivity contribution in [1.82, 2.24) is 0 Å². The van der Waals surface area contributed by atoms with Crippen molar-refractivity contribution in [3.8, 4) is 11.1 Å². The number of hydrogen-bond acceptors (Lipinski definition) is 4. The fraction of sp³-hybridized carbons (Fsp3) is 0.400. The summed E-state index contributed by atoms with van der Waals surface area (Å²) >= 11 is 0. The molecule has 2 aliphatic heterocycles. The third-order valence-electron chi connectivity index (χ3n) is 15.4. The number of rotatable bonds is 21. The van der Waals surface area contributed by atoms with Gasteiger partial charge in [-0.1, -0.05) is 123 Å². The SMILES string of the molecule is C=CCCCCCC/C=C/C1CC(C=C)C2C(=O)N(c3cccc4c(-c5c(C)ccc6c(N7C(=O)C8C(C=C)CC(/C=C/CCCCCCC=C)C8C7=O)cccc56)c(C)ccc34)C(=O)C12. The van der Waals surface area contributed by atoms with Crippen molar-refractivity contribution in [3.05, 3.63) is 147 Å². The standard InChI is InChI=1S/C60H68N2O4/c1-7-11-13-15-17-19-21-23-27-43-37-41(9-3)53-55(43)59(65)61(57(53)63)49-31-25-29-47-45(49)35-33-39(5)51(47)52-40(6)34-36-46-48(52)30-26-32-50(46)62-58(64)54-42(10-4)38-44(56(54)60(62)66)28-24-22-20-18-16-14-12-8-2/h7-10,23-36,41-44,53-56H,1-4,11-22,37-38H2,5-6H3/b27-23+,28-24+. The summed E-state index contributed by atoms with van der Waals surface area (Å²) in [5, 5.41) is 3.51. The number of carbonyl (C=O) groups excluding carboxylic acids is 4. The molecule has 8 atom stereocenters. The third kappa shape index (κ3) is 8.64. The zero-order valence-corrected chi connectivity index (χ0v) is 39.3. The molecule has 8 rings (SSSR count). The Morgan fingerprint density at radius 2 is 0.818 bits per heavy atom. The second-order valence-corrected chi connectivity index (χ2v) is 19.4. The number of unbranched alkanes of at least 4 members (excludes halogenated alkanes) is 10. The van der Waals surface area contributed by atoms with E-state index in [4.69, 9.17) is 0 Å². The number of allylic oxidation sites excluding steroid dienone is 8. The van der Waals surface area contributed by atoms with E-state index in [9.17, 15) is 19.2 Å². The highest BCUT2D eigenvalue weighted by Gasteiger charge is 2.59. The molecule has 6 heteroatoms. The van der Waals surface area contributed by atoms with E-state index in [2.05, 4.69) is 88.7 Å². The Labute approximate surface area is 392 Å². The topological polar surface area (TPSA) is 74.8 Å². The minimum absolute atomic E-state index is 0.0214. The Bertz CT molecular complexity index is 2430. The van der Waals surface area contributed by atoms with Crippen molar-refractivity contribution >= 4 is 56.5 Å². The van der Waals surface area contributed by atoms with Gasteiger partial charge in [0.15, 0.2) is 0 Å². The van der Waals surface area contributed by atoms with Crippen molar-refractivity contribution in [2.75, 3.05) is 9.80 Å². The predicted molar refractivity (Wildman–Crippen MR) is 273 cm³/mol. The van der Waals surface area contributed by atoms with E-state index in [1.807, 2.05) is 60.7 Å². The molecule has 2 heterocycles. The maximum Gasteiger partial charge on any atom is 0.238 e. The van der Waals surface area contributed by atoms with Crippen LogP contribution in [0, 0.1) is 61.2 Å². The molecule has 8 unspecified atom stereocenters. The molecule has 342 valence electrons. The summed E-state index contributed by atoms with van der Waals surface area (Å²) in [6, 6.07) is 20.1. The number of amides is 4. The number of fused-ring (bicyclic) bond motifs is 4. The summed E-state index contributed by atoms with van der Waals surface area (Å²) in [4.78, 5) is 61.2. The Hall–Kier alpha value is -5.88. The van der Waals surface area contributed by atoms with E-state index in [0.29, 0.717) is 11.4 Å². The Morgan fingerprint density at radius 3 is 1.18 bits per heavy atom. The molecule has 4 aromatic carbocycles. The van der Waals surface area contributed by atoms with E-state index in [0.717, 1.165) is 95.2 Å². The van der Waals surface area contributed by atoms with Gasteiger partial charge in [-0.05, 0) is 147 Å². The monoisotopic (exact) mass is 881 g/mol. The van der Waals surface area contributed by atoms with Crippen molar-refractivity contribution in [3.63, 3.8) is 0 Å². The zero-order chi connectivity index (χ0) is 46.5. The molecule has 0 N–H and O–H groups in total. The molecule has 2 saturated carbocycles. The molecule has 4 amide bonds. The van der Waals surface area contributed by atoms with E-state index >= 15 is 0 Å². The number of hydrogen-bond donors (Lipinski definition) is 0. The minimum Gasteiger partial charge on any atom is -0.274 e. The number of benzene rings is 4. The molecule has 0 bridgehead atoms. The van der Waals surface area contributed by atoms with Crippen LogP contribution in [-0.2, 0) is 19.2 Å². The molecule has 4 aliphatic rings. The van der Waals surface area contributed by atoms with E-state index < -0.39 is 23.7 Å². The molecule has 66 heavy (non-hydrogen) atoms. The normalized spacial score (nSPS) is 25.0. The lowest BCUT2D eigenvalue weighted by Crippen LogP contribution is -2.33. The molecule has 4 aromatic rings. The average molecular weight is 881 g/mol. The van der Waals surface area contributed by atoms with Gasteiger partial charge in [0.25, 0.3) is 0 Å². The number of anilines is 2. The van der Waals surface area contributed by atoms with Crippen molar-refractivity contribution in [1.29, 1.82) is 0 Å². The van der Waals surface area contributed by atoms with Gasteiger partial charge in [0.2, 0.25) is 23.6 Å². The van der Waals surface area contributed by atoms with Crippen LogP contribution in [0.25, 0.3) is 32.7 Å². The second kappa shape index (κ2) is 20.7. The molecule has 0 radical (unpaired) electrons. The molecule has 0 spiro atoms. The molecule has 4 fully saturated rings. The minimum atomic E-state index is -0.437. The average Bonchev–Trinajstić information content (AvgIpc) is 4.03. The molecular formula is C60H68N2O4. The lowest BCUT2D eigenvalue weighted by molar-refractivity contribution is -0.124. The van der Waals surface area contributed by atoms with Crippen molar-refractivity contribution in [2.45, 2.75) is 104 Å². The maximum atomic E-state index is 14.6. The molecule has 0 aromatic heterocycles. The first-order valence-electron chi connectivity index (χ1n) is 24.8. The summed E-state index contributed by atoms with van der Waals surface area (Å²) < 4.78 is 0. The van der Waals surface area contributed by atoms with Gasteiger partial charge in [-0.15, -0.1) is 26.3 Å². The van der Waals surface area contributed by atoms with Crippen LogP contribution in [0.5, 0.6) is 0 Å². The summed E-state index contributed by atoms with van der Waals surface area (Å²) in [7, 11) is 0. The molecule has 2 aliphatic carbocycles. The van der Waals surface area contributed by atoms with Gasteiger partial charge in [0.05, 0.1) is 35.0 Å². The quantitative estimate of drug-likeness (QED) is 0.0475. The Balaban J connectivity index is 1.10. The van der Waals surface area contributed by atoms with Crippen LogP contribution < -0.4 is 9.80 Å². The number of aryl methyl sites for hydroxylation is 2. The number of imide groups is 2. The van der Waals surface area contributed by atoms with E-state index in [1.54, 1.807) is 0 Å².